The fourth-order valence-corrected chi connectivity index (χ4v) is 4.92. The van der Waals surface area contributed by atoms with Crippen LogP contribution in [-0.4, -0.2) is 87.1 Å². The summed E-state index contributed by atoms with van der Waals surface area (Å²) in [5, 5.41) is 8.87. The number of carbonyl (C=O) groups excluding carboxylic acids is 1. The van der Waals surface area contributed by atoms with Crippen LogP contribution < -0.4 is 0 Å². The van der Waals surface area contributed by atoms with Crippen LogP contribution in [0.25, 0.3) is 0 Å². The van der Waals surface area contributed by atoms with Crippen LogP contribution in [-0.2, 0) is 25.2 Å². The number of ether oxygens (including phenoxy) is 2. The van der Waals surface area contributed by atoms with Crippen LogP contribution in [0, 0.1) is 5.82 Å². The number of nitrogens with zero attached hydrogens (tertiary/aromatic N) is 2. The third-order valence-corrected chi connectivity index (χ3v) is 7.34. The molecular formula is C21H30F4N2O6S. The molecular weight excluding hydrogens is 484 g/mol. The molecule has 0 radical (unpaired) electrons. The van der Waals surface area contributed by atoms with Crippen molar-refractivity contribution in [2.24, 2.45) is 0 Å². The van der Waals surface area contributed by atoms with Gasteiger partial charge in [-0.15, -0.1) is 0 Å². The van der Waals surface area contributed by atoms with Crippen molar-refractivity contribution >= 4 is 16.1 Å². The molecule has 0 aliphatic carbocycles. The van der Waals surface area contributed by atoms with Gasteiger partial charge in [-0.3, -0.25) is 0 Å². The average molecular weight is 515 g/mol. The first-order valence-electron chi connectivity index (χ1n) is 10.8. The number of aliphatic hydroxyl groups is 1. The summed E-state index contributed by atoms with van der Waals surface area (Å²) in [7, 11) is -2.34. The molecule has 34 heavy (non-hydrogen) atoms. The van der Waals surface area contributed by atoms with Gasteiger partial charge in [-0.05, 0) is 37.0 Å². The minimum absolute atomic E-state index is 0.0905. The van der Waals surface area contributed by atoms with Crippen LogP contribution in [0.1, 0.15) is 31.2 Å². The van der Waals surface area contributed by atoms with Gasteiger partial charge in [0.1, 0.15) is 5.82 Å². The Morgan fingerprint density at radius 3 is 2.65 bits per heavy atom. The second-order valence-electron chi connectivity index (χ2n) is 8.06. The average Bonchev–Trinajstić information content (AvgIpc) is 2.80. The topological polar surface area (TPSA) is 96.4 Å². The largest absolute Gasteiger partial charge is 0.434 e. The second kappa shape index (κ2) is 12.7. The predicted octanol–water partition coefficient (Wildman–Crippen LogP) is 2.91. The summed E-state index contributed by atoms with van der Waals surface area (Å²) in [5.74, 6) is -0.903. The van der Waals surface area contributed by atoms with Gasteiger partial charge in [0.2, 0.25) is 16.1 Å². The Morgan fingerprint density at radius 2 is 2.00 bits per heavy atom. The quantitative estimate of drug-likeness (QED) is 0.587. The molecule has 1 aromatic carbocycles. The van der Waals surface area contributed by atoms with Gasteiger partial charge >= 0.3 is 12.3 Å². The summed E-state index contributed by atoms with van der Waals surface area (Å²) >= 11 is 0. The molecule has 0 bridgehead atoms. The molecule has 0 aromatic heterocycles. The number of likely N-dealkylation sites (N-methyl/N-ethyl adjacent to an activating group) is 1. The number of halogens is 4. The van der Waals surface area contributed by atoms with Crippen molar-refractivity contribution in [1.29, 1.82) is 0 Å². The molecule has 0 spiro atoms. The van der Waals surface area contributed by atoms with Gasteiger partial charge in [0.15, 0.2) is 0 Å². The maximum absolute atomic E-state index is 13.4. The minimum atomic E-state index is -4.88. The maximum Gasteiger partial charge on any atom is 0.427 e. The molecule has 0 unspecified atom stereocenters. The monoisotopic (exact) mass is 514 g/mol. The maximum atomic E-state index is 13.4. The highest BCUT2D eigenvalue weighted by molar-refractivity contribution is 7.88. The first-order chi connectivity index (χ1) is 15.9. The normalized spacial score (nSPS) is 20.0. The van der Waals surface area contributed by atoms with E-state index in [1.54, 1.807) is 0 Å². The fourth-order valence-electron chi connectivity index (χ4n) is 3.49. The van der Waals surface area contributed by atoms with Gasteiger partial charge in [0, 0.05) is 32.8 Å². The summed E-state index contributed by atoms with van der Waals surface area (Å²) in [6.45, 7) is -0.913. The van der Waals surface area contributed by atoms with Gasteiger partial charge in [-0.2, -0.15) is 17.5 Å². The third kappa shape index (κ3) is 8.67. The van der Waals surface area contributed by atoms with E-state index in [9.17, 15) is 30.8 Å². The second-order valence-corrected chi connectivity index (χ2v) is 10.1. The van der Waals surface area contributed by atoms with Crippen LogP contribution in [0.3, 0.4) is 0 Å². The molecule has 1 aliphatic heterocycles. The van der Waals surface area contributed by atoms with E-state index in [4.69, 9.17) is 9.84 Å². The number of amides is 1. The summed E-state index contributed by atoms with van der Waals surface area (Å²) in [4.78, 5) is 13.3. The Morgan fingerprint density at radius 1 is 1.29 bits per heavy atom. The highest BCUT2D eigenvalue weighted by Crippen LogP contribution is 2.24. The number of alkyl halides is 3. The van der Waals surface area contributed by atoms with Crippen molar-refractivity contribution in [3.8, 4) is 0 Å². The minimum Gasteiger partial charge on any atom is -0.434 e. The van der Waals surface area contributed by atoms with Gasteiger partial charge < -0.3 is 19.5 Å². The molecule has 1 aliphatic rings. The Bertz CT molecular complexity index is 899. The molecule has 13 heteroatoms. The van der Waals surface area contributed by atoms with Crippen LogP contribution in [0.15, 0.2) is 24.3 Å². The van der Waals surface area contributed by atoms with Crippen molar-refractivity contribution in [3.05, 3.63) is 35.6 Å². The number of benzene rings is 1. The van der Waals surface area contributed by atoms with E-state index in [0.717, 1.165) is 11.0 Å². The van der Waals surface area contributed by atoms with Gasteiger partial charge in [0.05, 0.1) is 19.0 Å². The molecule has 1 fully saturated rings. The zero-order valence-electron chi connectivity index (χ0n) is 18.8. The lowest BCUT2D eigenvalue weighted by Gasteiger charge is -2.27. The van der Waals surface area contributed by atoms with Crippen LogP contribution in [0.2, 0.25) is 0 Å². The van der Waals surface area contributed by atoms with E-state index < -0.39 is 46.9 Å². The lowest BCUT2D eigenvalue weighted by Crippen LogP contribution is -2.42. The number of aliphatic hydroxyl groups excluding tert-OH is 1. The Labute approximate surface area is 196 Å². The molecule has 194 valence electrons. The third-order valence-electron chi connectivity index (χ3n) is 5.47. The number of sulfonamides is 1. The summed E-state index contributed by atoms with van der Waals surface area (Å²) in [6, 6.07) is 4.85. The first kappa shape index (κ1) is 28.3. The Balaban J connectivity index is 1.98. The van der Waals surface area contributed by atoms with Crippen molar-refractivity contribution in [3.63, 3.8) is 0 Å². The van der Waals surface area contributed by atoms with Gasteiger partial charge in [-0.25, -0.2) is 17.6 Å². The van der Waals surface area contributed by atoms with Crippen LogP contribution >= 0.6 is 0 Å². The number of rotatable bonds is 6. The van der Waals surface area contributed by atoms with E-state index in [-0.39, 0.29) is 32.1 Å². The highest BCUT2D eigenvalue weighted by Gasteiger charge is 2.43. The van der Waals surface area contributed by atoms with Crippen LogP contribution in [0.5, 0.6) is 0 Å². The first-order valence-corrected chi connectivity index (χ1v) is 12.5. The molecule has 0 saturated carbocycles. The lowest BCUT2D eigenvalue weighted by molar-refractivity contribution is -0.214. The molecule has 2 rings (SSSR count). The van der Waals surface area contributed by atoms with Crippen molar-refractivity contribution in [2.75, 3.05) is 40.0 Å². The van der Waals surface area contributed by atoms with Gasteiger partial charge in [-0.1, -0.05) is 18.6 Å². The zero-order chi connectivity index (χ0) is 25.4. The van der Waals surface area contributed by atoms with E-state index >= 15 is 0 Å². The van der Waals surface area contributed by atoms with Crippen molar-refractivity contribution in [1.82, 2.24) is 9.21 Å². The van der Waals surface area contributed by atoms with Crippen LogP contribution in [0.4, 0.5) is 22.4 Å². The fraction of sp³-hybridized carbons (Fsp3) is 0.667. The molecule has 1 saturated heterocycles. The summed E-state index contributed by atoms with van der Waals surface area (Å²) in [6.07, 6.45) is -7.09. The lowest BCUT2D eigenvalue weighted by atomic mass is 10.1. The number of hydrogen-bond acceptors (Lipinski definition) is 6. The number of carbonyl (C=O) groups is 1. The zero-order valence-corrected chi connectivity index (χ0v) is 19.7. The van der Waals surface area contributed by atoms with E-state index in [0.29, 0.717) is 31.2 Å². The van der Waals surface area contributed by atoms with Gasteiger partial charge in [0.25, 0.3) is 0 Å². The van der Waals surface area contributed by atoms with E-state index in [2.05, 4.69) is 4.74 Å². The summed E-state index contributed by atoms with van der Waals surface area (Å²) < 4.78 is 88.7. The molecule has 8 nitrogen and oxygen atoms in total. The molecule has 1 aromatic rings. The summed E-state index contributed by atoms with van der Waals surface area (Å²) in [5.41, 5.74) is 0.318. The molecule has 1 heterocycles. The molecule has 2 atom stereocenters. The Hall–Kier alpha value is -1.96. The van der Waals surface area contributed by atoms with E-state index in [1.807, 2.05) is 0 Å². The van der Waals surface area contributed by atoms with E-state index in [1.165, 1.54) is 29.6 Å². The smallest absolute Gasteiger partial charge is 0.427 e. The van der Waals surface area contributed by atoms with Crippen molar-refractivity contribution in [2.45, 2.75) is 49.8 Å². The highest BCUT2D eigenvalue weighted by atomic mass is 32.2. The Kier molecular flexibility index (Phi) is 10.5. The predicted molar refractivity (Wildman–Crippen MR) is 115 cm³/mol. The SMILES string of the molecule is CN([C@@H]1CCCCN(C(=O)O[C@H](CO)C(F)(F)F)CCCOC1)S(=O)(=O)Cc1cccc(F)c1. The number of hydrogen-bond donors (Lipinski definition) is 1. The van der Waals surface area contributed by atoms with Crippen molar-refractivity contribution < 1.29 is 45.4 Å². The molecule has 1 N–H and O–H groups in total. The molecule has 1 amide bonds. The standard InChI is InChI=1S/C21H30F4N2O6S/c1-26(34(30,31)15-16-6-4-7-17(22)12-16)18-8-2-3-9-27(10-5-11-32-14-18)20(29)33-19(13-28)21(23,24)25/h4,6-7,12,18-19,28H,2-3,5,8-11,13-15H2,1H3/t18-,19-/m1/s1.